The normalized spacial score (nSPS) is 10.2. The lowest BCUT2D eigenvalue weighted by Gasteiger charge is -2.01. The highest BCUT2D eigenvalue weighted by Gasteiger charge is 2.13. The third-order valence-corrected chi connectivity index (χ3v) is 2.20. The molecule has 2 aromatic rings. The Morgan fingerprint density at radius 3 is 2.71 bits per heavy atom. The van der Waals surface area contributed by atoms with E-state index < -0.39 is 17.4 Å². The molecule has 0 radical (unpaired) electrons. The molecule has 0 N–H and O–H groups in total. The number of hydrogen-bond acceptors (Lipinski definition) is 3. The number of aromatic nitrogens is 2. The van der Waals surface area contributed by atoms with Crippen molar-refractivity contribution in [1.29, 1.82) is 0 Å². The summed E-state index contributed by atoms with van der Waals surface area (Å²) in [7, 11) is 0. The van der Waals surface area contributed by atoms with Gasteiger partial charge in [-0.1, -0.05) is 0 Å². The Bertz CT molecular complexity index is 543. The topological polar surface area (TPSA) is 42.9 Å². The van der Waals surface area contributed by atoms with E-state index in [1.54, 1.807) is 12.1 Å². The molecular weight excluding hydrogens is 226 g/mol. The van der Waals surface area contributed by atoms with E-state index in [1.807, 2.05) is 0 Å². The van der Waals surface area contributed by atoms with Crippen LogP contribution in [0.3, 0.4) is 0 Å². The van der Waals surface area contributed by atoms with Crippen LogP contribution in [0.5, 0.6) is 0 Å². The molecule has 0 saturated heterocycles. The van der Waals surface area contributed by atoms with E-state index in [9.17, 15) is 13.6 Å². The molecule has 0 bridgehead atoms. The molecule has 17 heavy (non-hydrogen) atoms. The molecule has 86 valence electrons. The van der Waals surface area contributed by atoms with Crippen LogP contribution in [0.4, 0.5) is 8.78 Å². The van der Waals surface area contributed by atoms with Gasteiger partial charge >= 0.3 is 0 Å². The van der Waals surface area contributed by atoms with Gasteiger partial charge in [0.25, 0.3) is 0 Å². The largest absolute Gasteiger partial charge is 0.294 e. The Morgan fingerprint density at radius 2 is 2.06 bits per heavy atom. The minimum atomic E-state index is -0.862. The quantitative estimate of drug-likeness (QED) is 0.764. The molecule has 5 heteroatoms. The van der Waals surface area contributed by atoms with Crippen molar-refractivity contribution in [2.45, 2.75) is 6.42 Å². The molecule has 2 rings (SSSR count). The first kappa shape index (κ1) is 11.3. The van der Waals surface area contributed by atoms with Crippen LogP contribution in [0, 0.1) is 11.6 Å². The van der Waals surface area contributed by atoms with E-state index in [2.05, 4.69) is 10.2 Å². The lowest BCUT2D eigenvalue weighted by atomic mass is 10.1. The van der Waals surface area contributed by atoms with Crippen LogP contribution in [-0.4, -0.2) is 16.0 Å². The van der Waals surface area contributed by atoms with E-state index in [-0.39, 0.29) is 12.0 Å². The van der Waals surface area contributed by atoms with Gasteiger partial charge in [-0.2, -0.15) is 10.2 Å². The molecule has 0 amide bonds. The standard InChI is InChI=1S/C12H8F2N2O/c13-8-3-4-10(11(14)6-8)12(17)7-9-2-1-5-15-16-9/h1-6H,7H2. The Morgan fingerprint density at radius 1 is 1.24 bits per heavy atom. The van der Waals surface area contributed by atoms with Gasteiger partial charge in [-0.05, 0) is 24.3 Å². The van der Waals surface area contributed by atoms with E-state index in [0.717, 1.165) is 12.1 Å². The summed E-state index contributed by atoms with van der Waals surface area (Å²) in [6.45, 7) is 0. The SMILES string of the molecule is O=C(Cc1cccnn1)c1ccc(F)cc1F. The minimum Gasteiger partial charge on any atom is -0.294 e. The number of ketones is 1. The maximum atomic E-state index is 13.3. The maximum Gasteiger partial charge on any atom is 0.171 e. The zero-order valence-electron chi connectivity index (χ0n) is 8.73. The lowest BCUT2D eigenvalue weighted by Crippen LogP contribution is -2.08. The number of carbonyl (C=O) groups excluding carboxylic acids is 1. The summed E-state index contributed by atoms with van der Waals surface area (Å²) >= 11 is 0. The zero-order chi connectivity index (χ0) is 12.3. The van der Waals surface area contributed by atoms with Crippen molar-refractivity contribution in [2.75, 3.05) is 0 Å². The van der Waals surface area contributed by atoms with E-state index in [0.29, 0.717) is 11.8 Å². The molecule has 0 aliphatic rings. The number of Topliss-reactive ketones (excluding diaryl/α,β-unsaturated/α-hetero) is 1. The first-order valence-electron chi connectivity index (χ1n) is 4.91. The van der Waals surface area contributed by atoms with Crippen molar-refractivity contribution < 1.29 is 13.6 Å². The fourth-order valence-electron chi connectivity index (χ4n) is 1.40. The van der Waals surface area contributed by atoms with Gasteiger partial charge in [0.2, 0.25) is 0 Å². The van der Waals surface area contributed by atoms with Crippen LogP contribution in [-0.2, 0) is 6.42 Å². The molecule has 1 aromatic carbocycles. The van der Waals surface area contributed by atoms with Gasteiger partial charge in [-0.25, -0.2) is 8.78 Å². The molecular formula is C12H8F2N2O. The van der Waals surface area contributed by atoms with Gasteiger partial charge in [-0.15, -0.1) is 0 Å². The molecule has 1 heterocycles. The van der Waals surface area contributed by atoms with Gasteiger partial charge in [0, 0.05) is 12.3 Å². The van der Waals surface area contributed by atoms with Crippen molar-refractivity contribution in [1.82, 2.24) is 10.2 Å². The molecule has 0 fully saturated rings. The number of nitrogens with zero attached hydrogens (tertiary/aromatic N) is 2. The summed E-state index contributed by atoms with van der Waals surface area (Å²) in [6, 6.07) is 6.11. The molecule has 1 aromatic heterocycles. The monoisotopic (exact) mass is 234 g/mol. The summed E-state index contributed by atoms with van der Waals surface area (Å²) in [5.41, 5.74) is 0.304. The second-order valence-electron chi connectivity index (χ2n) is 3.44. The number of rotatable bonds is 3. The molecule has 3 nitrogen and oxygen atoms in total. The molecule has 0 unspecified atom stereocenters. The average molecular weight is 234 g/mol. The van der Waals surface area contributed by atoms with Crippen LogP contribution in [0.2, 0.25) is 0 Å². The molecule has 0 aliphatic carbocycles. The minimum absolute atomic E-state index is 0.0591. The number of hydrogen-bond donors (Lipinski definition) is 0. The van der Waals surface area contributed by atoms with Gasteiger partial charge in [0.05, 0.1) is 17.7 Å². The van der Waals surface area contributed by atoms with Crippen LogP contribution in [0.1, 0.15) is 16.1 Å². The highest BCUT2D eigenvalue weighted by atomic mass is 19.1. The maximum absolute atomic E-state index is 13.3. The van der Waals surface area contributed by atoms with Gasteiger partial charge in [0.1, 0.15) is 11.6 Å². The van der Waals surface area contributed by atoms with Crippen molar-refractivity contribution >= 4 is 5.78 Å². The van der Waals surface area contributed by atoms with E-state index in [4.69, 9.17) is 0 Å². The fourth-order valence-corrected chi connectivity index (χ4v) is 1.40. The molecule has 0 spiro atoms. The first-order valence-corrected chi connectivity index (χ1v) is 4.91. The lowest BCUT2D eigenvalue weighted by molar-refractivity contribution is 0.0987. The average Bonchev–Trinajstić information content (AvgIpc) is 2.30. The van der Waals surface area contributed by atoms with Gasteiger partial charge < -0.3 is 0 Å². The second-order valence-corrected chi connectivity index (χ2v) is 3.44. The van der Waals surface area contributed by atoms with E-state index in [1.165, 1.54) is 6.20 Å². The summed E-state index contributed by atoms with van der Waals surface area (Å²) in [6.07, 6.45) is 1.42. The molecule has 0 aliphatic heterocycles. The Kier molecular flexibility index (Phi) is 3.18. The summed E-state index contributed by atoms with van der Waals surface area (Å²) in [4.78, 5) is 11.7. The third-order valence-electron chi connectivity index (χ3n) is 2.20. The Balaban J connectivity index is 2.21. The third kappa shape index (κ3) is 2.69. The first-order chi connectivity index (χ1) is 8.16. The van der Waals surface area contributed by atoms with Crippen molar-refractivity contribution in [3.05, 3.63) is 59.4 Å². The zero-order valence-corrected chi connectivity index (χ0v) is 8.73. The van der Waals surface area contributed by atoms with Crippen LogP contribution in [0.15, 0.2) is 36.5 Å². The summed E-state index contributed by atoms with van der Waals surface area (Å²) < 4.78 is 26.0. The Labute approximate surface area is 96.1 Å². The van der Waals surface area contributed by atoms with Gasteiger partial charge in [0.15, 0.2) is 5.78 Å². The summed E-state index contributed by atoms with van der Waals surface area (Å²) in [5.74, 6) is -2.03. The van der Waals surface area contributed by atoms with E-state index >= 15 is 0 Å². The smallest absolute Gasteiger partial charge is 0.171 e. The molecule has 0 saturated carbocycles. The number of carbonyl (C=O) groups is 1. The van der Waals surface area contributed by atoms with Crippen LogP contribution in [0.25, 0.3) is 0 Å². The predicted octanol–water partition coefficient (Wildman–Crippen LogP) is 2.18. The second kappa shape index (κ2) is 4.78. The van der Waals surface area contributed by atoms with Crippen molar-refractivity contribution in [2.24, 2.45) is 0 Å². The fraction of sp³-hybridized carbons (Fsp3) is 0.0833. The molecule has 0 atom stereocenters. The predicted molar refractivity (Wildman–Crippen MR) is 56.4 cm³/mol. The summed E-state index contributed by atoms with van der Waals surface area (Å²) in [5, 5.41) is 7.34. The number of halogens is 2. The van der Waals surface area contributed by atoms with Crippen LogP contribution < -0.4 is 0 Å². The van der Waals surface area contributed by atoms with Crippen molar-refractivity contribution in [3.63, 3.8) is 0 Å². The Hall–Kier alpha value is -2.17. The highest BCUT2D eigenvalue weighted by Crippen LogP contribution is 2.12. The number of benzene rings is 1. The highest BCUT2D eigenvalue weighted by molar-refractivity contribution is 5.97. The van der Waals surface area contributed by atoms with Gasteiger partial charge in [-0.3, -0.25) is 4.79 Å². The van der Waals surface area contributed by atoms with Crippen molar-refractivity contribution in [3.8, 4) is 0 Å². The van der Waals surface area contributed by atoms with Crippen LogP contribution >= 0.6 is 0 Å².